The summed E-state index contributed by atoms with van der Waals surface area (Å²) in [6, 6.07) is 18.3. The van der Waals surface area contributed by atoms with Crippen molar-refractivity contribution in [1.82, 2.24) is 5.16 Å². The molecular formula is C20H17N3O3. The predicted molar refractivity (Wildman–Crippen MR) is 96.4 cm³/mol. The summed E-state index contributed by atoms with van der Waals surface area (Å²) < 4.78 is 10.8. The molecule has 0 bridgehead atoms. The number of aromatic nitrogens is 1. The molecule has 3 rings (SSSR count). The van der Waals surface area contributed by atoms with E-state index in [-0.39, 0.29) is 0 Å². The van der Waals surface area contributed by atoms with Crippen LogP contribution in [0.1, 0.15) is 29.8 Å². The van der Waals surface area contributed by atoms with Crippen LogP contribution in [0.4, 0.5) is 10.5 Å². The van der Waals surface area contributed by atoms with Gasteiger partial charge >= 0.3 is 6.09 Å². The van der Waals surface area contributed by atoms with E-state index in [1.807, 2.05) is 30.3 Å². The molecule has 0 saturated heterocycles. The van der Waals surface area contributed by atoms with Gasteiger partial charge in [0.1, 0.15) is 17.5 Å². The molecule has 6 heteroatoms. The third-order valence-corrected chi connectivity index (χ3v) is 3.92. The Morgan fingerprint density at radius 3 is 2.54 bits per heavy atom. The number of nitriles is 1. The number of carbonyl (C=O) groups is 1. The highest BCUT2D eigenvalue weighted by molar-refractivity contribution is 5.90. The first-order chi connectivity index (χ1) is 12.6. The maximum Gasteiger partial charge on any atom is 0.412 e. The van der Waals surface area contributed by atoms with Crippen molar-refractivity contribution >= 4 is 11.8 Å². The highest BCUT2D eigenvalue weighted by Crippen LogP contribution is 2.31. The molecule has 1 aromatic heterocycles. The van der Waals surface area contributed by atoms with Crippen LogP contribution in [-0.2, 0) is 4.74 Å². The van der Waals surface area contributed by atoms with Crippen LogP contribution < -0.4 is 5.32 Å². The van der Waals surface area contributed by atoms with Crippen LogP contribution in [0, 0.1) is 18.3 Å². The normalized spacial score (nSPS) is 11.4. The Morgan fingerprint density at radius 2 is 1.88 bits per heavy atom. The Balaban J connectivity index is 1.76. The highest BCUT2D eigenvalue weighted by atomic mass is 16.6. The van der Waals surface area contributed by atoms with Gasteiger partial charge < -0.3 is 9.26 Å². The fraction of sp³-hybridized carbons (Fsp3) is 0.150. The first kappa shape index (κ1) is 17.2. The number of nitrogens with one attached hydrogen (secondary N) is 1. The van der Waals surface area contributed by atoms with E-state index in [9.17, 15) is 4.79 Å². The van der Waals surface area contributed by atoms with Crippen molar-refractivity contribution in [1.29, 1.82) is 5.26 Å². The monoisotopic (exact) mass is 347 g/mol. The number of rotatable bonds is 4. The molecule has 0 aliphatic rings. The average molecular weight is 347 g/mol. The minimum absolute atomic E-state index is 0.394. The minimum atomic E-state index is -0.595. The van der Waals surface area contributed by atoms with Crippen LogP contribution in [0.2, 0.25) is 0 Å². The summed E-state index contributed by atoms with van der Waals surface area (Å²) in [4.78, 5) is 12.3. The zero-order chi connectivity index (χ0) is 18.5. The van der Waals surface area contributed by atoms with Gasteiger partial charge in [0.15, 0.2) is 5.76 Å². The van der Waals surface area contributed by atoms with Gasteiger partial charge in [0.05, 0.1) is 11.6 Å². The lowest BCUT2D eigenvalue weighted by atomic mass is 10.1. The van der Waals surface area contributed by atoms with Gasteiger partial charge in [-0.15, -0.1) is 0 Å². The number of nitrogens with zero attached hydrogens (tertiary/aromatic N) is 2. The molecule has 0 radical (unpaired) electrons. The third kappa shape index (κ3) is 3.73. The van der Waals surface area contributed by atoms with Crippen molar-refractivity contribution < 1.29 is 14.1 Å². The van der Waals surface area contributed by atoms with Gasteiger partial charge in [0.25, 0.3) is 0 Å². The zero-order valence-corrected chi connectivity index (χ0v) is 14.4. The number of aryl methyl sites for hydroxylation is 1. The first-order valence-corrected chi connectivity index (χ1v) is 8.08. The average Bonchev–Trinajstić information content (AvgIpc) is 3.03. The second kappa shape index (κ2) is 7.53. The predicted octanol–water partition coefficient (Wildman–Crippen LogP) is 4.83. The molecule has 1 N–H and O–H groups in total. The summed E-state index contributed by atoms with van der Waals surface area (Å²) >= 11 is 0. The van der Waals surface area contributed by atoms with Crippen LogP contribution in [0.3, 0.4) is 0 Å². The lowest BCUT2D eigenvalue weighted by Gasteiger charge is -2.14. The maximum absolute atomic E-state index is 12.3. The standard InChI is InChI=1S/C20H17N3O3/c1-13-18(19(26-23-13)17-10-8-15(12-21)9-11-17)22-20(24)25-14(2)16-6-4-3-5-7-16/h3-11,14H,1-2H3,(H,22,24). The number of benzene rings is 2. The summed E-state index contributed by atoms with van der Waals surface area (Å²) in [6.07, 6.45) is -0.989. The number of amides is 1. The van der Waals surface area contributed by atoms with Crippen LogP contribution in [0.25, 0.3) is 11.3 Å². The molecule has 0 saturated carbocycles. The molecule has 1 unspecified atom stereocenters. The maximum atomic E-state index is 12.3. The number of hydrogen-bond donors (Lipinski definition) is 1. The Kier molecular flexibility index (Phi) is 4.99. The molecule has 0 aliphatic heterocycles. The van der Waals surface area contributed by atoms with Crippen molar-refractivity contribution in [3.05, 3.63) is 71.4 Å². The van der Waals surface area contributed by atoms with E-state index >= 15 is 0 Å². The second-order valence-electron chi connectivity index (χ2n) is 5.74. The molecule has 1 atom stereocenters. The van der Waals surface area contributed by atoms with E-state index < -0.39 is 12.2 Å². The Bertz CT molecular complexity index is 941. The number of carbonyl (C=O) groups excluding carboxylic acids is 1. The van der Waals surface area contributed by atoms with Crippen molar-refractivity contribution in [3.63, 3.8) is 0 Å². The first-order valence-electron chi connectivity index (χ1n) is 8.08. The number of ether oxygens (including phenoxy) is 1. The zero-order valence-electron chi connectivity index (χ0n) is 14.4. The molecule has 26 heavy (non-hydrogen) atoms. The summed E-state index contributed by atoms with van der Waals surface area (Å²) in [5.74, 6) is 0.413. The lowest BCUT2D eigenvalue weighted by Crippen LogP contribution is -2.16. The van der Waals surface area contributed by atoms with Crippen molar-refractivity contribution in [3.8, 4) is 17.4 Å². The van der Waals surface area contributed by atoms with E-state index in [0.29, 0.717) is 28.3 Å². The van der Waals surface area contributed by atoms with Gasteiger partial charge in [-0.25, -0.2) is 4.79 Å². The number of hydrogen-bond acceptors (Lipinski definition) is 5. The van der Waals surface area contributed by atoms with Crippen molar-refractivity contribution in [2.24, 2.45) is 0 Å². The highest BCUT2D eigenvalue weighted by Gasteiger charge is 2.19. The Hall–Kier alpha value is -3.59. The van der Waals surface area contributed by atoms with E-state index in [1.165, 1.54) is 0 Å². The molecular weight excluding hydrogens is 330 g/mol. The Labute approximate surface area is 151 Å². The van der Waals surface area contributed by atoms with Gasteiger partial charge in [-0.3, -0.25) is 5.32 Å². The SMILES string of the molecule is Cc1noc(-c2ccc(C#N)cc2)c1NC(=O)OC(C)c1ccccc1. The van der Waals surface area contributed by atoms with E-state index in [0.717, 1.165) is 5.56 Å². The second-order valence-corrected chi connectivity index (χ2v) is 5.74. The summed E-state index contributed by atoms with van der Waals surface area (Å²) in [5, 5.41) is 15.5. The van der Waals surface area contributed by atoms with Crippen molar-refractivity contribution in [2.45, 2.75) is 20.0 Å². The van der Waals surface area contributed by atoms with Crippen LogP contribution in [0.15, 0.2) is 59.1 Å². The summed E-state index contributed by atoms with van der Waals surface area (Å²) in [5.41, 5.74) is 3.12. The molecule has 2 aromatic carbocycles. The fourth-order valence-corrected chi connectivity index (χ4v) is 2.49. The van der Waals surface area contributed by atoms with E-state index in [4.69, 9.17) is 14.5 Å². The molecule has 3 aromatic rings. The van der Waals surface area contributed by atoms with Gasteiger partial charge in [0, 0.05) is 5.56 Å². The number of anilines is 1. The molecule has 6 nitrogen and oxygen atoms in total. The van der Waals surface area contributed by atoms with Gasteiger partial charge in [-0.05, 0) is 43.7 Å². The van der Waals surface area contributed by atoms with E-state index in [1.54, 1.807) is 38.1 Å². The van der Waals surface area contributed by atoms with Crippen LogP contribution >= 0.6 is 0 Å². The lowest BCUT2D eigenvalue weighted by molar-refractivity contribution is 0.121. The molecule has 130 valence electrons. The third-order valence-electron chi connectivity index (χ3n) is 3.92. The summed E-state index contributed by atoms with van der Waals surface area (Å²) in [7, 11) is 0. The van der Waals surface area contributed by atoms with Gasteiger partial charge in [0.2, 0.25) is 0 Å². The molecule has 0 fully saturated rings. The van der Waals surface area contributed by atoms with Gasteiger partial charge in [-0.2, -0.15) is 5.26 Å². The topological polar surface area (TPSA) is 88.2 Å². The molecule has 1 amide bonds. The fourth-order valence-electron chi connectivity index (χ4n) is 2.49. The molecule has 0 spiro atoms. The van der Waals surface area contributed by atoms with Crippen molar-refractivity contribution in [2.75, 3.05) is 5.32 Å². The van der Waals surface area contributed by atoms with Gasteiger partial charge in [-0.1, -0.05) is 35.5 Å². The molecule has 1 heterocycles. The Morgan fingerprint density at radius 1 is 1.19 bits per heavy atom. The molecule has 0 aliphatic carbocycles. The van der Waals surface area contributed by atoms with Crippen LogP contribution in [-0.4, -0.2) is 11.2 Å². The smallest absolute Gasteiger partial charge is 0.412 e. The van der Waals surface area contributed by atoms with Crippen LogP contribution in [0.5, 0.6) is 0 Å². The van der Waals surface area contributed by atoms with E-state index in [2.05, 4.69) is 16.5 Å². The minimum Gasteiger partial charge on any atom is -0.441 e. The summed E-state index contributed by atoms with van der Waals surface area (Å²) in [6.45, 7) is 3.53. The quantitative estimate of drug-likeness (QED) is 0.730. The largest absolute Gasteiger partial charge is 0.441 e.